The third-order valence-corrected chi connectivity index (χ3v) is 9.45. The summed E-state index contributed by atoms with van der Waals surface area (Å²) in [5, 5.41) is 18.6. The number of methoxy groups -OCH3 is 1. The fourth-order valence-corrected chi connectivity index (χ4v) is 6.33. The average molecular weight is 770 g/mol. The molecule has 0 atom stereocenters. The maximum atomic E-state index is 13.5. The molecule has 57 heavy (non-hydrogen) atoms. The molecular weight excluding hydrogens is 723 g/mol. The second kappa shape index (κ2) is 17.1. The molecule has 0 spiro atoms. The number of urea groups is 1. The fraction of sp³-hybridized carbons (Fsp3) is 0.279. The molecular formula is C43H47N9O5. The summed E-state index contributed by atoms with van der Waals surface area (Å²) in [6.07, 6.45) is 1.58. The first-order chi connectivity index (χ1) is 27.5. The van der Waals surface area contributed by atoms with E-state index in [2.05, 4.69) is 56.9 Å². The predicted molar refractivity (Wildman–Crippen MR) is 222 cm³/mol. The molecule has 14 nitrogen and oxygen atoms in total. The number of amides is 3. The Morgan fingerprint density at radius 2 is 1.67 bits per heavy atom. The number of nitrogens with zero attached hydrogens (tertiary/aromatic N) is 5. The number of carbonyl (C=O) groups is 2. The SMILES string of the molecule is COc1cc(Nc2nccc(Oc3ccc(NC(=O)Nc4cc(C(C)(C)C)nn4-c4ccc(C)cc4)c4ccccc34)n2)cc(C(=O)NCCN2CCOCC2)c1. The largest absolute Gasteiger partial charge is 0.497 e. The van der Waals surface area contributed by atoms with Gasteiger partial charge in [0.2, 0.25) is 11.8 Å². The van der Waals surface area contributed by atoms with Gasteiger partial charge in [0.05, 0.1) is 37.4 Å². The summed E-state index contributed by atoms with van der Waals surface area (Å²) in [5.74, 6) is 1.93. The van der Waals surface area contributed by atoms with E-state index >= 15 is 0 Å². The van der Waals surface area contributed by atoms with E-state index in [4.69, 9.17) is 19.3 Å². The zero-order valence-corrected chi connectivity index (χ0v) is 32.8. The zero-order chi connectivity index (χ0) is 39.9. The maximum Gasteiger partial charge on any atom is 0.324 e. The summed E-state index contributed by atoms with van der Waals surface area (Å²) in [4.78, 5) is 37.8. The summed E-state index contributed by atoms with van der Waals surface area (Å²) in [5.41, 5.74) is 4.19. The van der Waals surface area contributed by atoms with Gasteiger partial charge in [0.25, 0.3) is 5.91 Å². The highest BCUT2D eigenvalue weighted by molar-refractivity contribution is 6.07. The summed E-state index contributed by atoms with van der Waals surface area (Å²) < 4.78 is 18.9. The van der Waals surface area contributed by atoms with Crippen molar-refractivity contribution in [2.75, 3.05) is 62.5 Å². The molecule has 0 radical (unpaired) electrons. The lowest BCUT2D eigenvalue weighted by Crippen LogP contribution is -2.41. The van der Waals surface area contributed by atoms with Crippen LogP contribution in [0, 0.1) is 6.92 Å². The Kier molecular flexibility index (Phi) is 11.6. The Bertz CT molecular complexity index is 2370. The number of hydrogen-bond acceptors (Lipinski definition) is 10. The molecule has 4 aromatic carbocycles. The van der Waals surface area contributed by atoms with Gasteiger partial charge in [-0.1, -0.05) is 62.7 Å². The molecule has 1 aliphatic rings. The highest BCUT2D eigenvalue weighted by Gasteiger charge is 2.22. The molecule has 294 valence electrons. The van der Waals surface area contributed by atoms with E-state index in [1.165, 1.54) is 0 Å². The van der Waals surface area contributed by atoms with Crippen molar-refractivity contribution >= 4 is 45.9 Å². The topological polar surface area (TPSA) is 157 Å². The molecule has 0 aliphatic carbocycles. The van der Waals surface area contributed by atoms with E-state index in [0.29, 0.717) is 59.9 Å². The number of nitrogens with one attached hydrogen (secondary N) is 4. The van der Waals surface area contributed by atoms with E-state index in [0.717, 1.165) is 47.4 Å². The Balaban J connectivity index is 1.05. The first kappa shape index (κ1) is 38.8. The molecule has 2 aromatic heterocycles. The summed E-state index contributed by atoms with van der Waals surface area (Å²) in [7, 11) is 1.55. The van der Waals surface area contributed by atoms with Crippen molar-refractivity contribution in [3.63, 3.8) is 0 Å². The lowest BCUT2D eigenvalue weighted by atomic mass is 9.92. The van der Waals surface area contributed by atoms with Crippen molar-refractivity contribution in [1.82, 2.24) is 30.0 Å². The number of hydrogen-bond donors (Lipinski definition) is 4. The average Bonchev–Trinajstić information content (AvgIpc) is 3.64. The summed E-state index contributed by atoms with van der Waals surface area (Å²) in [6.45, 7) is 12.7. The van der Waals surface area contributed by atoms with E-state index in [1.54, 1.807) is 54.4 Å². The van der Waals surface area contributed by atoms with Gasteiger partial charge >= 0.3 is 6.03 Å². The number of ether oxygens (including phenoxy) is 3. The van der Waals surface area contributed by atoms with Crippen LogP contribution in [0.5, 0.6) is 17.4 Å². The van der Waals surface area contributed by atoms with Crippen molar-refractivity contribution in [2.45, 2.75) is 33.1 Å². The number of aromatic nitrogens is 4. The number of fused-ring (bicyclic) bond motifs is 1. The molecule has 1 saturated heterocycles. The van der Waals surface area contributed by atoms with Gasteiger partial charge in [0.1, 0.15) is 17.3 Å². The van der Waals surface area contributed by atoms with Crippen LogP contribution in [-0.2, 0) is 10.2 Å². The van der Waals surface area contributed by atoms with Crippen molar-refractivity contribution in [2.24, 2.45) is 0 Å². The monoisotopic (exact) mass is 769 g/mol. The highest BCUT2D eigenvalue weighted by atomic mass is 16.5. The molecule has 3 amide bonds. The normalized spacial score (nSPS) is 13.2. The highest BCUT2D eigenvalue weighted by Crippen LogP contribution is 2.35. The second-order valence-electron chi connectivity index (χ2n) is 14.8. The lowest BCUT2D eigenvalue weighted by Gasteiger charge is -2.26. The molecule has 0 bridgehead atoms. The Labute approximate surface area is 331 Å². The molecule has 0 saturated carbocycles. The van der Waals surface area contributed by atoms with Crippen molar-refractivity contribution in [1.29, 1.82) is 0 Å². The van der Waals surface area contributed by atoms with Gasteiger partial charge in [-0.2, -0.15) is 10.1 Å². The number of anilines is 4. The van der Waals surface area contributed by atoms with Crippen LogP contribution in [0.1, 0.15) is 42.4 Å². The van der Waals surface area contributed by atoms with Gasteiger partial charge in [-0.05, 0) is 43.3 Å². The Hall–Kier alpha value is -6.51. The van der Waals surface area contributed by atoms with Crippen LogP contribution < -0.4 is 30.7 Å². The maximum absolute atomic E-state index is 13.5. The summed E-state index contributed by atoms with van der Waals surface area (Å²) in [6, 6.07) is 27.5. The van der Waals surface area contributed by atoms with Gasteiger partial charge < -0.3 is 30.2 Å². The molecule has 0 unspecified atom stereocenters. The number of carbonyl (C=O) groups excluding carboxylic acids is 2. The van der Waals surface area contributed by atoms with Crippen LogP contribution in [-0.4, -0.2) is 83.1 Å². The van der Waals surface area contributed by atoms with Crippen LogP contribution in [0.2, 0.25) is 0 Å². The minimum atomic E-state index is -0.416. The van der Waals surface area contributed by atoms with Crippen molar-refractivity contribution < 1.29 is 23.8 Å². The number of morpholine rings is 1. The predicted octanol–water partition coefficient (Wildman–Crippen LogP) is 7.67. The Morgan fingerprint density at radius 1 is 0.895 bits per heavy atom. The van der Waals surface area contributed by atoms with Gasteiger partial charge in [-0.25, -0.2) is 14.5 Å². The zero-order valence-electron chi connectivity index (χ0n) is 32.8. The minimum Gasteiger partial charge on any atom is -0.497 e. The van der Waals surface area contributed by atoms with Crippen LogP contribution in [0.15, 0.2) is 97.2 Å². The van der Waals surface area contributed by atoms with Crippen LogP contribution in [0.3, 0.4) is 0 Å². The smallest absolute Gasteiger partial charge is 0.324 e. The van der Waals surface area contributed by atoms with E-state index < -0.39 is 6.03 Å². The fourth-order valence-electron chi connectivity index (χ4n) is 6.33. The first-order valence-corrected chi connectivity index (χ1v) is 18.8. The van der Waals surface area contributed by atoms with E-state index in [-0.39, 0.29) is 17.3 Å². The van der Waals surface area contributed by atoms with Gasteiger partial charge in [0.15, 0.2) is 0 Å². The summed E-state index contributed by atoms with van der Waals surface area (Å²) >= 11 is 0. The van der Waals surface area contributed by atoms with E-state index in [1.807, 2.05) is 61.5 Å². The third-order valence-electron chi connectivity index (χ3n) is 9.45. The van der Waals surface area contributed by atoms with Gasteiger partial charge in [0, 0.05) is 78.0 Å². The molecule has 4 N–H and O–H groups in total. The quantitative estimate of drug-likeness (QED) is 0.0974. The molecule has 1 aliphatic heterocycles. The lowest BCUT2D eigenvalue weighted by molar-refractivity contribution is 0.0383. The third kappa shape index (κ3) is 9.66. The number of benzene rings is 4. The molecule has 6 aromatic rings. The minimum absolute atomic E-state index is 0.214. The number of rotatable bonds is 12. The number of aryl methyl sites for hydroxylation is 1. The van der Waals surface area contributed by atoms with Crippen molar-refractivity contribution in [3.8, 4) is 23.1 Å². The van der Waals surface area contributed by atoms with Crippen LogP contribution in [0.25, 0.3) is 16.5 Å². The molecule has 3 heterocycles. The second-order valence-corrected chi connectivity index (χ2v) is 14.8. The standard InChI is InChI=1S/C43H47N9O5/c1-28-10-12-31(13-11-28)52-38(27-37(50-52)43(2,3)4)48-42(54)47-35-14-15-36(34-9-7-6-8-33(34)35)57-39-16-17-45-41(49-39)46-30-24-29(25-32(26-30)55-5)40(53)44-18-19-51-20-22-56-23-21-51/h6-17,24-27H,18-23H2,1-5H3,(H,44,53)(H,45,46,49)(H2,47,48,54). The van der Waals surface area contributed by atoms with Crippen molar-refractivity contribution in [3.05, 3.63) is 114 Å². The van der Waals surface area contributed by atoms with Crippen LogP contribution >= 0.6 is 0 Å². The molecule has 7 rings (SSSR count). The first-order valence-electron chi connectivity index (χ1n) is 18.8. The van der Waals surface area contributed by atoms with Gasteiger partial charge in [-0.3, -0.25) is 15.0 Å². The van der Waals surface area contributed by atoms with Crippen LogP contribution in [0.4, 0.5) is 27.9 Å². The molecule has 14 heteroatoms. The Morgan fingerprint density at radius 3 is 2.42 bits per heavy atom. The van der Waals surface area contributed by atoms with E-state index in [9.17, 15) is 9.59 Å². The molecule has 1 fully saturated rings. The van der Waals surface area contributed by atoms with Gasteiger partial charge in [-0.15, -0.1) is 0 Å².